The van der Waals surface area contributed by atoms with Crippen molar-refractivity contribution in [2.24, 2.45) is 0 Å². The van der Waals surface area contributed by atoms with Crippen LogP contribution < -0.4 is 0 Å². The molecule has 3 aromatic rings. The Labute approximate surface area is 125 Å². The van der Waals surface area contributed by atoms with Crippen molar-refractivity contribution in [1.29, 1.82) is 0 Å². The summed E-state index contributed by atoms with van der Waals surface area (Å²) in [6, 6.07) is 13.2. The molecule has 0 radical (unpaired) electrons. The highest BCUT2D eigenvalue weighted by Crippen LogP contribution is 2.28. The maximum Gasteiger partial charge on any atom is 0.113 e. The molecule has 108 valence electrons. The van der Waals surface area contributed by atoms with Gasteiger partial charge in [-0.1, -0.05) is 56.3 Å². The highest BCUT2D eigenvalue weighted by molar-refractivity contribution is 5.87. The van der Waals surface area contributed by atoms with Gasteiger partial charge in [-0.2, -0.15) is 0 Å². The number of hydrogen-bond acceptors (Lipinski definition) is 2. The molecule has 0 bridgehead atoms. The maximum atomic E-state index is 4.23. The molecule has 2 aromatic carbocycles. The number of benzene rings is 2. The van der Waals surface area contributed by atoms with Crippen molar-refractivity contribution < 1.29 is 0 Å². The summed E-state index contributed by atoms with van der Waals surface area (Å²) < 4.78 is 1.85. The van der Waals surface area contributed by atoms with Gasteiger partial charge in [0.15, 0.2) is 0 Å². The lowest BCUT2D eigenvalue weighted by Crippen LogP contribution is -2.10. The normalized spacial score (nSPS) is 12.0. The van der Waals surface area contributed by atoms with Gasteiger partial charge in [0.05, 0.1) is 6.20 Å². The zero-order valence-corrected chi connectivity index (χ0v) is 13.1. The first-order valence-electron chi connectivity index (χ1n) is 7.42. The molecule has 0 atom stereocenters. The van der Waals surface area contributed by atoms with Crippen molar-refractivity contribution >= 4 is 10.8 Å². The van der Waals surface area contributed by atoms with Crippen LogP contribution in [0.1, 0.15) is 33.3 Å². The van der Waals surface area contributed by atoms with Crippen molar-refractivity contribution in [3.05, 3.63) is 48.2 Å². The Hall–Kier alpha value is -2.16. The molecule has 0 saturated carbocycles. The van der Waals surface area contributed by atoms with E-state index in [9.17, 15) is 0 Å². The van der Waals surface area contributed by atoms with E-state index >= 15 is 0 Å². The van der Waals surface area contributed by atoms with E-state index in [1.54, 1.807) is 0 Å². The van der Waals surface area contributed by atoms with Gasteiger partial charge in [-0.05, 0) is 34.7 Å². The summed E-state index contributed by atoms with van der Waals surface area (Å²) in [5, 5.41) is 10.9. The zero-order valence-electron chi connectivity index (χ0n) is 13.1. The van der Waals surface area contributed by atoms with Crippen LogP contribution in [0.25, 0.3) is 22.0 Å². The van der Waals surface area contributed by atoms with E-state index in [4.69, 9.17) is 0 Å². The van der Waals surface area contributed by atoms with Crippen LogP contribution in [0.4, 0.5) is 0 Å². The first kappa shape index (κ1) is 13.8. The monoisotopic (exact) mass is 279 g/mol. The summed E-state index contributed by atoms with van der Waals surface area (Å²) in [7, 11) is 0. The van der Waals surface area contributed by atoms with E-state index in [0.29, 0.717) is 0 Å². The number of rotatable bonds is 2. The minimum atomic E-state index is 0.177. The lowest BCUT2D eigenvalue weighted by molar-refractivity contribution is 0.591. The summed E-state index contributed by atoms with van der Waals surface area (Å²) in [6.45, 7) is 9.63. The van der Waals surface area contributed by atoms with E-state index < -0.39 is 0 Å². The van der Waals surface area contributed by atoms with E-state index in [-0.39, 0.29) is 5.41 Å². The number of fused-ring (bicyclic) bond motifs is 1. The molecule has 1 aromatic heterocycles. The van der Waals surface area contributed by atoms with Crippen LogP contribution in [0.2, 0.25) is 0 Å². The highest BCUT2D eigenvalue weighted by atomic mass is 15.4. The van der Waals surface area contributed by atoms with Crippen LogP contribution in [0, 0.1) is 0 Å². The second-order valence-corrected chi connectivity index (χ2v) is 6.49. The number of aryl methyl sites for hydroxylation is 1. The second-order valence-electron chi connectivity index (χ2n) is 6.49. The SMILES string of the molecule is CCn1cc(-c2ccc3cc(C(C)(C)C)ccc3c2)nn1. The summed E-state index contributed by atoms with van der Waals surface area (Å²) in [4.78, 5) is 0. The lowest BCUT2D eigenvalue weighted by atomic mass is 9.86. The minimum absolute atomic E-state index is 0.177. The molecule has 0 amide bonds. The Morgan fingerprint density at radius 2 is 1.71 bits per heavy atom. The van der Waals surface area contributed by atoms with Crippen molar-refractivity contribution in [2.75, 3.05) is 0 Å². The van der Waals surface area contributed by atoms with Gasteiger partial charge in [0.25, 0.3) is 0 Å². The van der Waals surface area contributed by atoms with E-state index in [0.717, 1.165) is 17.8 Å². The molecule has 3 heteroatoms. The Bertz CT molecular complexity index is 779. The van der Waals surface area contributed by atoms with Gasteiger partial charge in [-0.25, -0.2) is 0 Å². The number of nitrogens with zero attached hydrogens (tertiary/aromatic N) is 3. The van der Waals surface area contributed by atoms with Gasteiger partial charge in [-0.15, -0.1) is 5.10 Å². The quantitative estimate of drug-likeness (QED) is 0.695. The largest absolute Gasteiger partial charge is 0.252 e. The molecule has 0 saturated heterocycles. The molecule has 1 heterocycles. The molecular formula is C18H21N3. The fourth-order valence-electron chi connectivity index (χ4n) is 2.46. The second kappa shape index (κ2) is 4.99. The predicted octanol–water partition coefficient (Wildman–Crippen LogP) is 4.42. The molecule has 21 heavy (non-hydrogen) atoms. The van der Waals surface area contributed by atoms with Gasteiger partial charge in [0.2, 0.25) is 0 Å². The molecule has 0 fully saturated rings. The molecule has 3 rings (SSSR count). The minimum Gasteiger partial charge on any atom is -0.252 e. The topological polar surface area (TPSA) is 30.7 Å². The van der Waals surface area contributed by atoms with Gasteiger partial charge in [0, 0.05) is 12.1 Å². The summed E-state index contributed by atoms with van der Waals surface area (Å²) in [5.74, 6) is 0. The van der Waals surface area contributed by atoms with Crippen LogP contribution in [0.3, 0.4) is 0 Å². The molecule has 0 aliphatic carbocycles. The molecule has 3 nitrogen and oxygen atoms in total. The fraction of sp³-hybridized carbons (Fsp3) is 0.333. The van der Waals surface area contributed by atoms with Crippen molar-refractivity contribution in [2.45, 2.75) is 39.7 Å². The third-order valence-electron chi connectivity index (χ3n) is 3.86. The highest BCUT2D eigenvalue weighted by Gasteiger charge is 2.14. The van der Waals surface area contributed by atoms with E-state index in [2.05, 4.69) is 74.4 Å². The number of hydrogen-bond donors (Lipinski definition) is 0. The molecule has 0 spiro atoms. The summed E-state index contributed by atoms with van der Waals surface area (Å²) in [6.07, 6.45) is 1.99. The van der Waals surface area contributed by atoms with E-state index in [1.165, 1.54) is 16.3 Å². The van der Waals surface area contributed by atoms with Gasteiger partial charge in [0.1, 0.15) is 5.69 Å². The van der Waals surface area contributed by atoms with Crippen LogP contribution in [-0.4, -0.2) is 15.0 Å². The first-order valence-corrected chi connectivity index (χ1v) is 7.42. The third-order valence-corrected chi connectivity index (χ3v) is 3.86. The third kappa shape index (κ3) is 2.68. The van der Waals surface area contributed by atoms with Gasteiger partial charge >= 0.3 is 0 Å². The Kier molecular flexibility index (Phi) is 3.28. The Morgan fingerprint density at radius 3 is 2.38 bits per heavy atom. The smallest absolute Gasteiger partial charge is 0.113 e. The number of aromatic nitrogens is 3. The van der Waals surface area contributed by atoms with Crippen LogP contribution in [0.5, 0.6) is 0 Å². The molecule has 0 unspecified atom stereocenters. The molecule has 0 aliphatic heterocycles. The summed E-state index contributed by atoms with van der Waals surface area (Å²) in [5.41, 5.74) is 3.58. The maximum absolute atomic E-state index is 4.23. The van der Waals surface area contributed by atoms with Gasteiger partial charge < -0.3 is 0 Å². The first-order chi connectivity index (χ1) is 9.97. The summed E-state index contributed by atoms with van der Waals surface area (Å²) >= 11 is 0. The zero-order chi connectivity index (χ0) is 15.0. The lowest BCUT2D eigenvalue weighted by Gasteiger charge is -2.19. The van der Waals surface area contributed by atoms with Crippen LogP contribution in [-0.2, 0) is 12.0 Å². The van der Waals surface area contributed by atoms with Crippen molar-refractivity contribution in [3.63, 3.8) is 0 Å². The fourth-order valence-corrected chi connectivity index (χ4v) is 2.46. The van der Waals surface area contributed by atoms with Gasteiger partial charge in [-0.3, -0.25) is 4.68 Å². The van der Waals surface area contributed by atoms with Crippen molar-refractivity contribution in [1.82, 2.24) is 15.0 Å². The molecule has 0 N–H and O–H groups in total. The predicted molar refractivity (Wildman–Crippen MR) is 87.3 cm³/mol. The van der Waals surface area contributed by atoms with Crippen molar-refractivity contribution in [3.8, 4) is 11.3 Å². The van der Waals surface area contributed by atoms with E-state index in [1.807, 2.05) is 10.9 Å². The van der Waals surface area contributed by atoms with Crippen LogP contribution >= 0.6 is 0 Å². The Morgan fingerprint density at radius 1 is 1.00 bits per heavy atom. The van der Waals surface area contributed by atoms with Crippen LogP contribution in [0.15, 0.2) is 42.6 Å². The Balaban J connectivity index is 2.05. The average Bonchev–Trinajstić information content (AvgIpc) is 2.94. The molecular weight excluding hydrogens is 258 g/mol. The standard InChI is InChI=1S/C18H21N3/c1-5-21-12-17(19-20-21)15-7-6-14-11-16(18(2,3)4)9-8-13(14)10-15/h6-12H,5H2,1-4H3. The molecule has 0 aliphatic rings. The average molecular weight is 279 g/mol.